The van der Waals surface area contributed by atoms with Gasteiger partial charge in [-0.25, -0.2) is 9.50 Å². The van der Waals surface area contributed by atoms with Gasteiger partial charge in [0.1, 0.15) is 0 Å². The van der Waals surface area contributed by atoms with Gasteiger partial charge in [0, 0.05) is 31.1 Å². The number of aromatic nitrogens is 3. The molecule has 0 radical (unpaired) electrons. The van der Waals surface area contributed by atoms with E-state index in [0.29, 0.717) is 17.1 Å². The lowest BCUT2D eigenvalue weighted by molar-refractivity contribution is 0.0993. The zero-order chi connectivity index (χ0) is 14.8. The molecule has 0 aliphatic heterocycles. The van der Waals surface area contributed by atoms with Crippen molar-refractivity contribution in [2.75, 3.05) is 19.1 Å². The molecular formula is C15H14N4O2. The molecule has 1 amide bonds. The number of hydrogen-bond acceptors (Lipinski definition) is 4. The maximum absolute atomic E-state index is 12.5. The summed E-state index contributed by atoms with van der Waals surface area (Å²) in [4.78, 5) is 18.2. The Morgan fingerprint density at radius 3 is 2.86 bits per heavy atom. The van der Waals surface area contributed by atoms with Crippen molar-refractivity contribution >= 4 is 17.1 Å². The van der Waals surface area contributed by atoms with Crippen molar-refractivity contribution < 1.29 is 9.53 Å². The number of nitrogens with zero attached hydrogens (tertiary/aromatic N) is 4. The Morgan fingerprint density at radius 2 is 2.14 bits per heavy atom. The molecule has 6 nitrogen and oxygen atoms in total. The molecule has 0 aliphatic rings. The van der Waals surface area contributed by atoms with Gasteiger partial charge < -0.3 is 9.64 Å². The molecule has 0 unspecified atom stereocenters. The van der Waals surface area contributed by atoms with E-state index >= 15 is 0 Å². The Labute approximate surface area is 121 Å². The molecule has 3 heterocycles. The topological polar surface area (TPSA) is 59.7 Å². The molecule has 0 aromatic carbocycles. The zero-order valence-electron chi connectivity index (χ0n) is 11.7. The van der Waals surface area contributed by atoms with Crippen LogP contribution in [0.25, 0.3) is 5.52 Å². The number of hydrogen-bond donors (Lipinski definition) is 0. The molecule has 0 aliphatic carbocycles. The summed E-state index contributed by atoms with van der Waals surface area (Å²) in [6, 6.07) is 8.92. The molecule has 3 aromatic heterocycles. The van der Waals surface area contributed by atoms with E-state index in [4.69, 9.17) is 4.74 Å². The Morgan fingerprint density at radius 1 is 1.29 bits per heavy atom. The average molecular weight is 282 g/mol. The van der Waals surface area contributed by atoms with Crippen LogP contribution in [0.2, 0.25) is 0 Å². The minimum Gasteiger partial charge on any atom is -0.481 e. The third-order valence-corrected chi connectivity index (χ3v) is 3.27. The SMILES string of the molecule is COc1ccc(N(C)C(=O)c2ccn3nccc3c2)cn1. The van der Waals surface area contributed by atoms with E-state index in [1.165, 1.54) is 0 Å². The number of ether oxygens (including phenoxy) is 1. The van der Waals surface area contributed by atoms with Crippen LogP contribution in [0.3, 0.4) is 0 Å². The van der Waals surface area contributed by atoms with Crippen LogP contribution < -0.4 is 9.64 Å². The van der Waals surface area contributed by atoms with Gasteiger partial charge in [0.05, 0.1) is 24.5 Å². The highest BCUT2D eigenvalue weighted by Crippen LogP contribution is 2.17. The minimum atomic E-state index is -0.106. The fraction of sp³-hybridized carbons (Fsp3) is 0.133. The first kappa shape index (κ1) is 13.1. The summed E-state index contributed by atoms with van der Waals surface area (Å²) in [5, 5.41) is 4.11. The molecule has 0 spiro atoms. The molecule has 21 heavy (non-hydrogen) atoms. The van der Waals surface area contributed by atoms with Crippen molar-refractivity contribution in [2.45, 2.75) is 0 Å². The monoisotopic (exact) mass is 282 g/mol. The Kier molecular flexibility index (Phi) is 3.27. The van der Waals surface area contributed by atoms with Crippen LogP contribution in [0.4, 0.5) is 5.69 Å². The number of carbonyl (C=O) groups excluding carboxylic acids is 1. The predicted octanol–water partition coefficient (Wildman–Crippen LogP) is 2.01. The van der Waals surface area contributed by atoms with Gasteiger partial charge in [-0.05, 0) is 24.3 Å². The lowest BCUT2D eigenvalue weighted by Gasteiger charge is -2.17. The number of anilines is 1. The van der Waals surface area contributed by atoms with E-state index in [1.807, 2.05) is 12.1 Å². The first-order valence-electron chi connectivity index (χ1n) is 6.40. The van der Waals surface area contributed by atoms with Crippen molar-refractivity contribution in [1.82, 2.24) is 14.6 Å². The fourth-order valence-corrected chi connectivity index (χ4v) is 2.06. The first-order chi connectivity index (χ1) is 10.2. The second-order valence-electron chi connectivity index (χ2n) is 4.54. The second kappa shape index (κ2) is 5.24. The van der Waals surface area contributed by atoms with Gasteiger partial charge in [-0.2, -0.15) is 5.10 Å². The van der Waals surface area contributed by atoms with Crippen LogP contribution in [0.1, 0.15) is 10.4 Å². The van der Waals surface area contributed by atoms with Crippen LogP contribution in [0, 0.1) is 0 Å². The summed E-state index contributed by atoms with van der Waals surface area (Å²) in [5.41, 5.74) is 2.18. The smallest absolute Gasteiger partial charge is 0.258 e. The zero-order valence-corrected chi connectivity index (χ0v) is 11.7. The quantitative estimate of drug-likeness (QED) is 0.737. The van der Waals surface area contributed by atoms with E-state index in [9.17, 15) is 4.79 Å². The van der Waals surface area contributed by atoms with Gasteiger partial charge in [-0.15, -0.1) is 0 Å². The largest absolute Gasteiger partial charge is 0.481 e. The Hall–Kier alpha value is -2.89. The number of fused-ring (bicyclic) bond motifs is 1. The molecule has 0 saturated carbocycles. The van der Waals surface area contributed by atoms with Gasteiger partial charge in [0.2, 0.25) is 5.88 Å². The van der Waals surface area contributed by atoms with E-state index in [1.54, 1.807) is 60.4 Å². The highest BCUT2D eigenvalue weighted by atomic mass is 16.5. The van der Waals surface area contributed by atoms with Crippen LogP contribution in [0.15, 0.2) is 48.9 Å². The van der Waals surface area contributed by atoms with Crippen molar-refractivity contribution in [3.05, 3.63) is 54.5 Å². The fourth-order valence-electron chi connectivity index (χ4n) is 2.06. The Balaban J connectivity index is 1.88. The number of carbonyl (C=O) groups is 1. The summed E-state index contributed by atoms with van der Waals surface area (Å²) in [6.45, 7) is 0. The molecule has 6 heteroatoms. The van der Waals surface area contributed by atoms with E-state index in [-0.39, 0.29) is 5.91 Å². The van der Waals surface area contributed by atoms with Crippen molar-refractivity contribution in [2.24, 2.45) is 0 Å². The molecule has 0 N–H and O–H groups in total. The molecule has 3 aromatic rings. The third-order valence-electron chi connectivity index (χ3n) is 3.27. The minimum absolute atomic E-state index is 0.106. The van der Waals surface area contributed by atoms with Crippen LogP contribution in [-0.4, -0.2) is 34.7 Å². The normalized spacial score (nSPS) is 10.6. The van der Waals surface area contributed by atoms with Gasteiger partial charge in [0.25, 0.3) is 5.91 Å². The van der Waals surface area contributed by atoms with Crippen molar-refractivity contribution in [3.8, 4) is 5.88 Å². The van der Waals surface area contributed by atoms with Crippen LogP contribution in [0.5, 0.6) is 5.88 Å². The molecule has 3 rings (SSSR count). The van der Waals surface area contributed by atoms with Crippen molar-refractivity contribution in [1.29, 1.82) is 0 Å². The summed E-state index contributed by atoms with van der Waals surface area (Å²) in [6.07, 6.45) is 5.07. The second-order valence-corrected chi connectivity index (χ2v) is 4.54. The summed E-state index contributed by atoms with van der Waals surface area (Å²) >= 11 is 0. The highest BCUT2D eigenvalue weighted by molar-refractivity contribution is 6.06. The molecule has 0 atom stereocenters. The molecule has 0 fully saturated rings. The van der Waals surface area contributed by atoms with E-state index in [0.717, 1.165) is 5.52 Å². The van der Waals surface area contributed by atoms with E-state index in [2.05, 4.69) is 10.1 Å². The third kappa shape index (κ3) is 2.43. The van der Waals surface area contributed by atoms with Crippen LogP contribution >= 0.6 is 0 Å². The summed E-state index contributed by atoms with van der Waals surface area (Å²) < 4.78 is 6.72. The summed E-state index contributed by atoms with van der Waals surface area (Å²) in [7, 11) is 3.27. The predicted molar refractivity (Wildman–Crippen MR) is 78.7 cm³/mol. The highest BCUT2D eigenvalue weighted by Gasteiger charge is 2.14. The van der Waals surface area contributed by atoms with Crippen molar-refractivity contribution in [3.63, 3.8) is 0 Å². The number of methoxy groups -OCH3 is 1. The average Bonchev–Trinajstić information content (AvgIpc) is 3.01. The molecule has 106 valence electrons. The number of amides is 1. The van der Waals surface area contributed by atoms with Crippen LogP contribution in [-0.2, 0) is 0 Å². The molecular weight excluding hydrogens is 268 g/mol. The molecule has 0 bridgehead atoms. The lowest BCUT2D eigenvalue weighted by atomic mass is 10.2. The standard InChI is InChI=1S/C15H14N4O2/c1-18(13-3-4-14(21-2)16-10-13)15(20)11-6-8-19-12(9-11)5-7-17-19/h3-10H,1-2H3. The van der Waals surface area contributed by atoms with Gasteiger partial charge in [-0.1, -0.05) is 0 Å². The molecule has 0 saturated heterocycles. The Bertz CT molecular complexity index is 780. The van der Waals surface area contributed by atoms with E-state index < -0.39 is 0 Å². The van der Waals surface area contributed by atoms with Gasteiger partial charge in [-0.3, -0.25) is 4.79 Å². The number of pyridine rings is 2. The lowest BCUT2D eigenvalue weighted by Crippen LogP contribution is -2.26. The summed E-state index contributed by atoms with van der Waals surface area (Å²) in [5.74, 6) is 0.408. The van der Waals surface area contributed by atoms with Gasteiger partial charge >= 0.3 is 0 Å². The van der Waals surface area contributed by atoms with Gasteiger partial charge in [0.15, 0.2) is 0 Å². The number of rotatable bonds is 3. The maximum Gasteiger partial charge on any atom is 0.258 e. The maximum atomic E-state index is 12.5. The first-order valence-corrected chi connectivity index (χ1v) is 6.40.